The predicted octanol–water partition coefficient (Wildman–Crippen LogP) is 2.50. The lowest BCUT2D eigenvalue weighted by Gasteiger charge is -2.26. The van der Waals surface area contributed by atoms with Gasteiger partial charge in [-0.25, -0.2) is 4.99 Å². The molecule has 0 unspecified atom stereocenters. The number of guanidine groups is 1. The topological polar surface area (TPSA) is 67.4 Å². The van der Waals surface area contributed by atoms with Gasteiger partial charge in [0, 0.05) is 32.7 Å². The Kier molecular flexibility index (Phi) is 7.05. The molecule has 1 saturated heterocycles. The molecule has 0 bridgehead atoms. The number of fused-ring (bicyclic) bond motifs is 1. The molecule has 0 radical (unpaired) electrons. The molecule has 7 nitrogen and oxygen atoms in total. The molecule has 2 aromatic rings. The van der Waals surface area contributed by atoms with Crippen LogP contribution in [0.5, 0.6) is 11.5 Å². The minimum absolute atomic E-state index is 0.289. The molecule has 1 fully saturated rings. The van der Waals surface area contributed by atoms with Crippen LogP contribution < -0.4 is 20.1 Å². The third-order valence-corrected chi connectivity index (χ3v) is 5.19. The van der Waals surface area contributed by atoms with E-state index in [-0.39, 0.29) is 6.79 Å². The highest BCUT2D eigenvalue weighted by Crippen LogP contribution is 2.32. The van der Waals surface area contributed by atoms with Crippen molar-refractivity contribution in [3.05, 3.63) is 59.2 Å². The number of morpholine rings is 1. The Balaban J connectivity index is 1.30. The van der Waals surface area contributed by atoms with Gasteiger partial charge in [0.15, 0.2) is 17.5 Å². The molecule has 2 aliphatic rings. The first-order valence-electron chi connectivity index (χ1n) is 10.6. The van der Waals surface area contributed by atoms with Crippen molar-refractivity contribution in [2.24, 2.45) is 4.99 Å². The maximum Gasteiger partial charge on any atom is 0.231 e. The Hall–Kier alpha value is -2.77. The number of rotatable bonds is 7. The van der Waals surface area contributed by atoms with E-state index >= 15 is 0 Å². The summed E-state index contributed by atoms with van der Waals surface area (Å²) >= 11 is 0. The van der Waals surface area contributed by atoms with Crippen molar-refractivity contribution < 1.29 is 14.2 Å². The van der Waals surface area contributed by atoms with Crippen molar-refractivity contribution in [1.29, 1.82) is 0 Å². The van der Waals surface area contributed by atoms with Gasteiger partial charge >= 0.3 is 0 Å². The zero-order valence-corrected chi connectivity index (χ0v) is 17.5. The molecule has 0 saturated carbocycles. The number of aliphatic imine (C=N–C) groups is 1. The highest BCUT2D eigenvalue weighted by molar-refractivity contribution is 5.79. The number of ether oxygens (including phenoxy) is 3. The lowest BCUT2D eigenvalue weighted by Crippen LogP contribution is -2.36. The molecule has 2 heterocycles. The van der Waals surface area contributed by atoms with Crippen molar-refractivity contribution in [1.82, 2.24) is 15.5 Å². The largest absolute Gasteiger partial charge is 0.454 e. The minimum atomic E-state index is 0.289. The summed E-state index contributed by atoms with van der Waals surface area (Å²) in [6, 6.07) is 14.7. The minimum Gasteiger partial charge on any atom is -0.454 e. The summed E-state index contributed by atoms with van der Waals surface area (Å²) in [7, 11) is 0. The first-order valence-corrected chi connectivity index (χ1v) is 10.6. The normalized spacial score (nSPS) is 16.5. The second kappa shape index (κ2) is 10.3. The monoisotopic (exact) mass is 410 g/mol. The van der Waals surface area contributed by atoms with Crippen LogP contribution in [0.1, 0.15) is 23.6 Å². The van der Waals surface area contributed by atoms with Crippen LogP contribution >= 0.6 is 0 Å². The van der Waals surface area contributed by atoms with E-state index < -0.39 is 0 Å². The van der Waals surface area contributed by atoms with Crippen LogP contribution in [0.4, 0.5) is 0 Å². The first-order chi connectivity index (χ1) is 14.8. The third-order valence-electron chi connectivity index (χ3n) is 5.19. The highest BCUT2D eigenvalue weighted by atomic mass is 16.7. The van der Waals surface area contributed by atoms with Crippen molar-refractivity contribution in [2.45, 2.75) is 26.6 Å². The van der Waals surface area contributed by atoms with E-state index in [0.717, 1.165) is 69.0 Å². The predicted molar refractivity (Wildman–Crippen MR) is 117 cm³/mol. The highest BCUT2D eigenvalue weighted by Gasteiger charge is 2.13. The number of benzene rings is 2. The van der Waals surface area contributed by atoms with Gasteiger partial charge in [-0.2, -0.15) is 0 Å². The molecular formula is C23H30N4O3. The van der Waals surface area contributed by atoms with Gasteiger partial charge in [-0.3, -0.25) is 4.90 Å². The van der Waals surface area contributed by atoms with E-state index in [1.165, 1.54) is 11.1 Å². The average Bonchev–Trinajstić information content (AvgIpc) is 3.25. The van der Waals surface area contributed by atoms with Gasteiger partial charge in [-0.15, -0.1) is 0 Å². The summed E-state index contributed by atoms with van der Waals surface area (Å²) < 4.78 is 16.2. The molecule has 7 heteroatoms. The molecule has 2 aromatic carbocycles. The molecule has 0 spiro atoms. The van der Waals surface area contributed by atoms with Gasteiger partial charge < -0.3 is 24.8 Å². The maximum atomic E-state index is 5.45. The van der Waals surface area contributed by atoms with Gasteiger partial charge in [0.2, 0.25) is 6.79 Å². The van der Waals surface area contributed by atoms with Crippen molar-refractivity contribution in [3.8, 4) is 11.5 Å². The van der Waals surface area contributed by atoms with Gasteiger partial charge in [0.1, 0.15) is 0 Å². The molecule has 0 aliphatic carbocycles. The van der Waals surface area contributed by atoms with Crippen LogP contribution in [0.2, 0.25) is 0 Å². The molecule has 2 N–H and O–H groups in total. The van der Waals surface area contributed by atoms with Gasteiger partial charge in [0.05, 0.1) is 19.8 Å². The smallest absolute Gasteiger partial charge is 0.231 e. The summed E-state index contributed by atoms with van der Waals surface area (Å²) in [5.74, 6) is 2.38. The fourth-order valence-corrected chi connectivity index (χ4v) is 3.52. The molecule has 4 rings (SSSR count). The van der Waals surface area contributed by atoms with Crippen molar-refractivity contribution in [3.63, 3.8) is 0 Å². The van der Waals surface area contributed by atoms with E-state index in [4.69, 9.17) is 19.2 Å². The Morgan fingerprint density at radius 1 is 0.933 bits per heavy atom. The number of nitrogens with zero attached hydrogens (tertiary/aromatic N) is 2. The van der Waals surface area contributed by atoms with E-state index in [9.17, 15) is 0 Å². The SMILES string of the molecule is CCNC(=NCc1ccc2c(c1)OCO2)NCc1ccc(CN2CCOCC2)cc1. The second-order valence-electron chi connectivity index (χ2n) is 7.44. The van der Waals surface area contributed by atoms with Crippen LogP contribution in [0.3, 0.4) is 0 Å². The molecular weight excluding hydrogens is 380 g/mol. The standard InChI is InChI=1S/C23H30N4O3/c1-2-24-23(26-15-20-7-8-21-22(13-20)30-17-29-21)25-14-18-3-5-19(6-4-18)16-27-9-11-28-12-10-27/h3-8,13H,2,9-12,14-17H2,1H3,(H2,24,25,26). The summed E-state index contributed by atoms with van der Waals surface area (Å²) in [5, 5.41) is 6.72. The van der Waals surface area contributed by atoms with Gasteiger partial charge in [0.25, 0.3) is 0 Å². The zero-order chi connectivity index (χ0) is 20.6. The third kappa shape index (κ3) is 5.64. The maximum absolute atomic E-state index is 5.45. The lowest BCUT2D eigenvalue weighted by molar-refractivity contribution is 0.0342. The molecule has 0 atom stereocenters. The van der Waals surface area contributed by atoms with E-state index in [2.05, 4.69) is 46.7 Å². The summed E-state index contributed by atoms with van der Waals surface area (Å²) in [5.41, 5.74) is 3.65. The van der Waals surface area contributed by atoms with Crippen LogP contribution in [0.15, 0.2) is 47.5 Å². The average molecular weight is 411 g/mol. The second-order valence-corrected chi connectivity index (χ2v) is 7.44. The summed E-state index contributed by atoms with van der Waals surface area (Å²) in [6.07, 6.45) is 0. The van der Waals surface area contributed by atoms with Gasteiger partial charge in [-0.1, -0.05) is 30.3 Å². The quantitative estimate of drug-likeness (QED) is 0.540. The van der Waals surface area contributed by atoms with Crippen molar-refractivity contribution in [2.75, 3.05) is 39.6 Å². The Labute approximate surface area is 178 Å². The summed E-state index contributed by atoms with van der Waals surface area (Å²) in [4.78, 5) is 7.13. The molecule has 160 valence electrons. The zero-order valence-electron chi connectivity index (χ0n) is 17.5. The number of nitrogens with one attached hydrogen (secondary N) is 2. The first kappa shape index (κ1) is 20.5. The van der Waals surface area contributed by atoms with E-state index in [0.29, 0.717) is 6.54 Å². The van der Waals surface area contributed by atoms with Crippen LogP contribution in [-0.2, 0) is 24.4 Å². The Morgan fingerprint density at radius 2 is 1.67 bits per heavy atom. The van der Waals surface area contributed by atoms with Crippen molar-refractivity contribution >= 4 is 5.96 Å². The molecule has 0 amide bonds. The Bertz CT molecular complexity index is 848. The van der Waals surface area contributed by atoms with E-state index in [1.807, 2.05) is 18.2 Å². The fourth-order valence-electron chi connectivity index (χ4n) is 3.52. The van der Waals surface area contributed by atoms with Crippen LogP contribution in [-0.4, -0.2) is 50.5 Å². The molecule has 30 heavy (non-hydrogen) atoms. The fraction of sp³-hybridized carbons (Fsp3) is 0.435. The summed E-state index contributed by atoms with van der Waals surface area (Å²) in [6.45, 7) is 9.14. The number of hydrogen-bond donors (Lipinski definition) is 2. The Morgan fingerprint density at radius 3 is 2.47 bits per heavy atom. The van der Waals surface area contributed by atoms with Crippen LogP contribution in [0, 0.1) is 0 Å². The van der Waals surface area contributed by atoms with Gasteiger partial charge in [-0.05, 0) is 35.7 Å². The van der Waals surface area contributed by atoms with E-state index in [1.54, 1.807) is 0 Å². The molecule has 2 aliphatic heterocycles. The van der Waals surface area contributed by atoms with Crippen LogP contribution in [0.25, 0.3) is 0 Å². The number of hydrogen-bond acceptors (Lipinski definition) is 5. The molecule has 0 aromatic heterocycles. The lowest BCUT2D eigenvalue weighted by atomic mass is 10.1.